The number of nitrogens with two attached hydrogens (primary N) is 1. The number of anilines is 3. The molecular formula is C26H30F3N9. The number of nitrogen functional groups attached to an aromatic ring is 1. The lowest BCUT2D eigenvalue weighted by atomic mass is 10.0. The van der Waals surface area contributed by atoms with E-state index in [-0.39, 0.29) is 17.1 Å². The summed E-state index contributed by atoms with van der Waals surface area (Å²) in [5.41, 5.74) is 7.51. The number of hydrogen-bond donors (Lipinski definition) is 3. The number of fused-ring (bicyclic) bond motifs is 1. The molecule has 1 aliphatic rings. The summed E-state index contributed by atoms with van der Waals surface area (Å²) in [6.45, 7) is 3.90. The fraction of sp³-hybridized carbons (Fsp3) is 0.385. The fourth-order valence-corrected chi connectivity index (χ4v) is 4.76. The molecule has 0 radical (unpaired) electrons. The van der Waals surface area contributed by atoms with E-state index in [1.54, 1.807) is 6.20 Å². The molecule has 38 heavy (non-hydrogen) atoms. The van der Waals surface area contributed by atoms with Gasteiger partial charge in [-0.1, -0.05) is 6.07 Å². The number of aromatic amines is 1. The summed E-state index contributed by atoms with van der Waals surface area (Å²) < 4.78 is 39.8. The van der Waals surface area contributed by atoms with Crippen LogP contribution >= 0.6 is 0 Å². The molecular weight excluding hydrogens is 495 g/mol. The van der Waals surface area contributed by atoms with E-state index in [4.69, 9.17) is 5.73 Å². The minimum Gasteiger partial charge on any atom is -0.396 e. The third kappa shape index (κ3) is 5.21. The van der Waals surface area contributed by atoms with Gasteiger partial charge < -0.3 is 25.8 Å². The van der Waals surface area contributed by atoms with Crippen molar-refractivity contribution in [1.82, 2.24) is 29.8 Å². The molecule has 0 amide bonds. The molecule has 0 unspecified atom stereocenters. The van der Waals surface area contributed by atoms with Gasteiger partial charge in [-0.05, 0) is 51.6 Å². The maximum Gasteiger partial charge on any atom is 0.417 e. The van der Waals surface area contributed by atoms with E-state index in [1.165, 1.54) is 6.20 Å². The summed E-state index contributed by atoms with van der Waals surface area (Å²) in [4.78, 5) is 24.9. The molecule has 4 aromatic heterocycles. The average Bonchev–Trinajstić information content (AvgIpc) is 3.32. The van der Waals surface area contributed by atoms with Gasteiger partial charge in [-0.15, -0.1) is 0 Å². The zero-order valence-corrected chi connectivity index (χ0v) is 21.4. The monoisotopic (exact) mass is 525 g/mol. The van der Waals surface area contributed by atoms with Crippen molar-refractivity contribution in [2.24, 2.45) is 0 Å². The van der Waals surface area contributed by atoms with Crippen LogP contribution in [-0.2, 0) is 6.18 Å². The molecule has 200 valence electrons. The highest BCUT2D eigenvalue weighted by atomic mass is 19.4. The normalized spacial score (nSPS) is 15.8. The van der Waals surface area contributed by atoms with Crippen molar-refractivity contribution in [3.63, 3.8) is 0 Å². The molecule has 1 saturated heterocycles. The topological polar surface area (TPSA) is 112 Å². The van der Waals surface area contributed by atoms with Crippen LogP contribution in [0.4, 0.5) is 30.6 Å². The van der Waals surface area contributed by atoms with Crippen molar-refractivity contribution in [1.29, 1.82) is 0 Å². The van der Waals surface area contributed by atoms with E-state index in [1.807, 2.05) is 25.3 Å². The molecule has 0 aromatic carbocycles. The van der Waals surface area contributed by atoms with Crippen molar-refractivity contribution in [2.45, 2.75) is 38.0 Å². The second-order valence-corrected chi connectivity index (χ2v) is 9.82. The van der Waals surface area contributed by atoms with Gasteiger partial charge in [0.1, 0.15) is 17.2 Å². The molecule has 0 spiro atoms. The van der Waals surface area contributed by atoms with Gasteiger partial charge in [0, 0.05) is 48.7 Å². The molecule has 0 aliphatic carbocycles. The largest absolute Gasteiger partial charge is 0.417 e. The molecule has 4 aromatic rings. The molecule has 5 heterocycles. The Kier molecular flexibility index (Phi) is 6.82. The Hall–Kier alpha value is -3.93. The van der Waals surface area contributed by atoms with Gasteiger partial charge in [-0.25, -0.2) is 19.9 Å². The van der Waals surface area contributed by atoms with E-state index in [0.29, 0.717) is 28.9 Å². The second-order valence-electron chi connectivity index (χ2n) is 9.82. The highest BCUT2D eigenvalue weighted by molar-refractivity contribution is 5.95. The third-order valence-corrected chi connectivity index (χ3v) is 7.07. The third-order valence-electron chi connectivity index (χ3n) is 7.07. The second kappa shape index (κ2) is 10.1. The first-order chi connectivity index (χ1) is 18.1. The Balaban J connectivity index is 1.33. The summed E-state index contributed by atoms with van der Waals surface area (Å²) in [6.07, 6.45) is 3.33. The summed E-state index contributed by atoms with van der Waals surface area (Å²) in [5.74, 6) is 1.25. The average molecular weight is 526 g/mol. The minimum atomic E-state index is -4.51. The number of hydrogen-bond acceptors (Lipinski definition) is 8. The summed E-state index contributed by atoms with van der Waals surface area (Å²) in [7, 11) is 4.24. The number of nitrogens with zero attached hydrogens (tertiary/aromatic N) is 6. The Labute approximate surface area is 218 Å². The van der Waals surface area contributed by atoms with Crippen LogP contribution in [0, 0.1) is 0 Å². The van der Waals surface area contributed by atoms with Crippen molar-refractivity contribution in [3.05, 3.63) is 54.1 Å². The first-order valence-electron chi connectivity index (χ1n) is 12.4. The first-order valence-corrected chi connectivity index (χ1v) is 12.4. The Bertz CT molecular complexity index is 1410. The van der Waals surface area contributed by atoms with Gasteiger partial charge in [0.2, 0.25) is 5.95 Å². The molecule has 0 bridgehead atoms. The molecule has 5 rings (SSSR count). The van der Waals surface area contributed by atoms with Gasteiger partial charge in [0.05, 0.1) is 23.5 Å². The Morgan fingerprint density at radius 2 is 1.87 bits per heavy atom. The predicted octanol–water partition coefficient (Wildman–Crippen LogP) is 4.72. The lowest BCUT2D eigenvalue weighted by molar-refractivity contribution is -0.137. The fourth-order valence-electron chi connectivity index (χ4n) is 4.76. The van der Waals surface area contributed by atoms with E-state index in [2.05, 4.69) is 54.1 Å². The molecule has 4 N–H and O–H groups in total. The molecule has 1 fully saturated rings. The van der Waals surface area contributed by atoms with Crippen molar-refractivity contribution in [2.75, 3.05) is 43.1 Å². The van der Waals surface area contributed by atoms with Crippen molar-refractivity contribution in [3.8, 4) is 11.3 Å². The van der Waals surface area contributed by atoms with E-state index in [9.17, 15) is 13.2 Å². The maximum atomic E-state index is 13.3. The van der Waals surface area contributed by atoms with Gasteiger partial charge in [0.15, 0.2) is 0 Å². The first kappa shape index (κ1) is 25.7. The lowest BCUT2D eigenvalue weighted by Gasteiger charge is -2.35. The highest BCUT2D eigenvalue weighted by Gasteiger charge is 2.31. The highest BCUT2D eigenvalue weighted by Crippen LogP contribution is 2.35. The van der Waals surface area contributed by atoms with E-state index < -0.39 is 11.7 Å². The van der Waals surface area contributed by atoms with Crippen molar-refractivity contribution < 1.29 is 13.2 Å². The Morgan fingerprint density at radius 1 is 1.11 bits per heavy atom. The number of nitrogens with one attached hydrogen (secondary N) is 2. The standard InChI is InChI=1S/C26H30F3N9/c1-15(16-4-5-22(31-11-16)38-8-6-18(7-9-38)37(2)3)35-25-34-14-21(30)23(36-25)20-13-33-24-19(20)10-17(12-32-24)26(27,28)29/h4-5,10-15,18H,6-9,30H2,1-3H3,(H,32,33)(H,34,35,36)/t15-/m1/s1. The summed E-state index contributed by atoms with van der Waals surface area (Å²) in [5, 5.41) is 3.52. The van der Waals surface area contributed by atoms with Gasteiger partial charge in [-0.3, -0.25) is 0 Å². The minimum absolute atomic E-state index is 0.172. The summed E-state index contributed by atoms with van der Waals surface area (Å²) >= 11 is 0. The van der Waals surface area contributed by atoms with Gasteiger partial charge >= 0.3 is 6.18 Å². The van der Waals surface area contributed by atoms with Crippen LogP contribution in [-0.4, -0.2) is 63.0 Å². The zero-order chi connectivity index (χ0) is 27.0. The van der Waals surface area contributed by atoms with Crippen LogP contribution in [0.1, 0.15) is 36.9 Å². The summed E-state index contributed by atoms with van der Waals surface area (Å²) in [6, 6.07) is 5.53. The van der Waals surface area contributed by atoms with Crippen LogP contribution in [0.15, 0.2) is 43.0 Å². The number of H-pyrrole nitrogens is 1. The predicted molar refractivity (Wildman–Crippen MR) is 142 cm³/mol. The maximum absolute atomic E-state index is 13.3. The van der Waals surface area contributed by atoms with Crippen LogP contribution in [0.3, 0.4) is 0 Å². The Morgan fingerprint density at radius 3 is 2.53 bits per heavy atom. The molecule has 0 saturated carbocycles. The van der Waals surface area contributed by atoms with E-state index in [0.717, 1.165) is 49.6 Å². The number of pyridine rings is 2. The quantitative estimate of drug-likeness (QED) is 0.332. The zero-order valence-electron chi connectivity index (χ0n) is 21.4. The molecule has 12 heteroatoms. The van der Waals surface area contributed by atoms with Crippen LogP contribution in [0.5, 0.6) is 0 Å². The number of piperidine rings is 1. The van der Waals surface area contributed by atoms with E-state index >= 15 is 0 Å². The molecule has 1 aliphatic heterocycles. The van der Waals surface area contributed by atoms with Crippen molar-refractivity contribution >= 4 is 28.5 Å². The number of alkyl halides is 3. The van der Waals surface area contributed by atoms with Gasteiger partial charge in [0.25, 0.3) is 0 Å². The smallest absolute Gasteiger partial charge is 0.396 e. The van der Waals surface area contributed by atoms with Gasteiger partial charge in [-0.2, -0.15) is 13.2 Å². The molecule has 1 atom stereocenters. The number of halogens is 3. The van der Waals surface area contributed by atoms with Crippen LogP contribution < -0.4 is 16.0 Å². The molecule has 9 nitrogen and oxygen atoms in total. The number of rotatable bonds is 6. The number of aromatic nitrogens is 5. The lowest BCUT2D eigenvalue weighted by Crippen LogP contribution is -2.42. The SMILES string of the molecule is C[C@@H](Nc1ncc(N)c(-c2c[nH]c3ncc(C(F)(F)F)cc23)n1)c1ccc(N2CCC(N(C)C)CC2)nc1. The van der Waals surface area contributed by atoms with Crippen LogP contribution in [0.2, 0.25) is 0 Å². The van der Waals surface area contributed by atoms with Crippen LogP contribution in [0.25, 0.3) is 22.3 Å².